The van der Waals surface area contributed by atoms with Gasteiger partial charge in [0.05, 0.1) is 11.6 Å². The molecular formula is C14H15F3N2O. The number of benzene rings is 1. The van der Waals surface area contributed by atoms with E-state index in [9.17, 15) is 13.2 Å². The number of nitrogens with one attached hydrogen (secondary N) is 1. The van der Waals surface area contributed by atoms with Crippen molar-refractivity contribution < 1.29 is 17.6 Å². The lowest BCUT2D eigenvalue weighted by atomic mass is 10.0. The van der Waals surface area contributed by atoms with Crippen molar-refractivity contribution in [3.63, 3.8) is 0 Å². The van der Waals surface area contributed by atoms with Gasteiger partial charge in [-0.15, -0.1) is 0 Å². The largest absolute Gasteiger partial charge is 0.465 e. The summed E-state index contributed by atoms with van der Waals surface area (Å²) in [6.07, 6.45) is -3.87. The van der Waals surface area contributed by atoms with E-state index in [1.165, 1.54) is 12.1 Å². The smallest absolute Gasteiger partial charge is 0.416 e. The number of rotatable bonds is 4. The summed E-state index contributed by atoms with van der Waals surface area (Å²) in [5.41, 5.74) is 2.69. The maximum absolute atomic E-state index is 12.5. The molecule has 2 rings (SSSR count). The molecule has 0 amide bonds. The van der Waals surface area contributed by atoms with Gasteiger partial charge in [-0.2, -0.15) is 13.2 Å². The molecule has 20 heavy (non-hydrogen) atoms. The van der Waals surface area contributed by atoms with Crippen LogP contribution in [0.1, 0.15) is 28.7 Å². The van der Waals surface area contributed by atoms with Crippen molar-refractivity contribution in [2.24, 2.45) is 5.84 Å². The number of hydrogen-bond acceptors (Lipinski definition) is 3. The molecule has 3 N–H and O–H groups in total. The normalized spacial score (nSPS) is 13.4. The van der Waals surface area contributed by atoms with Crippen molar-refractivity contribution in [1.29, 1.82) is 0 Å². The van der Waals surface area contributed by atoms with Crippen molar-refractivity contribution in [3.05, 3.63) is 59.0 Å². The average molecular weight is 284 g/mol. The third kappa shape index (κ3) is 3.40. The zero-order chi connectivity index (χ0) is 14.8. The summed E-state index contributed by atoms with van der Waals surface area (Å²) in [5, 5.41) is 0. The molecule has 0 aliphatic rings. The van der Waals surface area contributed by atoms with Crippen LogP contribution in [0.3, 0.4) is 0 Å². The SMILES string of the molecule is Cc1ccc(C(Cc2ccc(C(F)(F)F)cc2)NN)o1. The Balaban J connectivity index is 2.12. The molecule has 108 valence electrons. The van der Waals surface area contributed by atoms with E-state index in [0.717, 1.165) is 23.5 Å². The van der Waals surface area contributed by atoms with Crippen molar-refractivity contribution in [2.75, 3.05) is 0 Å². The molecule has 0 bridgehead atoms. The molecule has 1 aromatic heterocycles. The molecule has 0 spiro atoms. The van der Waals surface area contributed by atoms with Crippen LogP contribution >= 0.6 is 0 Å². The van der Waals surface area contributed by atoms with Crippen LogP contribution in [0, 0.1) is 6.92 Å². The van der Waals surface area contributed by atoms with Crippen molar-refractivity contribution in [2.45, 2.75) is 25.6 Å². The molecule has 3 nitrogen and oxygen atoms in total. The summed E-state index contributed by atoms with van der Waals surface area (Å²) in [6.45, 7) is 1.81. The first-order chi connectivity index (χ1) is 9.40. The lowest BCUT2D eigenvalue weighted by Crippen LogP contribution is -2.29. The number of halogens is 3. The predicted octanol–water partition coefficient (Wildman–Crippen LogP) is 3.35. The lowest BCUT2D eigenvalue weighted by molar-refractivity contribution is -0.137. The zero-order valence-corrected chi connectivity index (χ0v) is 10.9. The Morgan fingerprint density at radius 3 is 2.25 bits per heavy atom. The summed E-state index contributed by atoms with van der Waals surface area (Å²) in [4.78, 5) is 0. The zero-order valence-electron chi connectivity index (χ0n) is 10.9. The quantitative estimate of drug-likeness (QED) is 0.668. The average Bonchev–Trinajstić information content (AvgIpc) is 2.82. The van der Waals surface area contributed by atoms with Crippen LogP contribution in [0.25, 0.3) is 0 Å². The molecule has 1 aromatic carbocycles. The van der Waals surface area contributed by atoms with Gasteiger partial charge in [-0.05, 0) is 43.2 Å². The van der Waals surface area contributed by atoms with Gasteiger partial charge in [0.15, 0.2) is 0 Å². The number of hydrogen-bond donors (Lipinski definition) is 2. The van der Waals surface area contributed by atoms with Gasteiger partial charge in [-0.1, -0.05) is 12.1 Å². The number of hydrazine groups is 1. The minimum atomic E-state index is -4.32. The lowest BCUT2D eigenvalue weighted by Gasteiger charge is -2.14. The molecule has 1 atom stereocenters. The molecule has 0 radical (unpaired) electrons. The third-order valence-electron chi connectivity index (χ3n) is 3.03. The number of furan rings is 1. The van der Waals surface area contributed by atoms with Gasteiger partial charge in [-0.3, -0.25) is 5.84 Å². The van der Waals surface area contributed by atoms with E-state index in [-0.39, 0.29) is 6.04 Å². The van der Waals surface area contributed by atoms with E-state index in [1.807, 2.05) is 13.0 Å². The number of nitrogens with two attached hydrogens (primary N) is 1. The molecule has 1 unspecified atom stereocenters. The Hall–Kier alpha value is -1.79. The monoisotopic (exact) mass is 284 g/mol. The van der Waals surface area contributed by atoms with Crippen LogP contribution in [0.5, 0.6) is 0 Å². The van der Waals surface area contributed by atoms with Crippen LogP contribution in [0.15, 0.2) is 40.8 Å². The maximum atomic E-state index is 12.5. The standard InChI is InChI=1S/C14H15F3N2O/c1-9-2-7-13(20-9)12(19-18)8-10-3-5-11(6-4-10)14(15,16)17/h2-7,12,19H,8,18H2,1H3. The van der Waals surface area contributed by atoms with E-state index >= 15 is 0 Å². The fraction of sp³-hybridized carbons (Fsp3) is 0.286. The van der Waals surface area contributed by atoms with E-state index in [4.69, 9.17) is 10.3 Å². The van der Waals surface area contributed by atoms with Gasteiger partial charge in [-0.25, -0.2) is 5.43 Å². The second-order valence-electron chi connectivity index (χ2n) is 4.57. The van der Waals surface area contributed by atoms with E-state index in [0.29, 0.717) is 12.2 Å². The van der Waals surface area contributed by atoms with Crippen LogP contribution < -0.4 is 11.3 Å². The van der Waals surface area contributed by atoms with Crippen LogP contribution in [-0.4, -0.2) is 0 Å². The highest BCUT2D eigenvalue weighted by atomic mass is 19.4. The molecule has 0 saturated heterocycles. The van der Waals surface area contributed by atoms with Gasteiger partial charge in [0.2, 0.25) is 0 Å². The predicted molar refractivity (Wildman–Crippen MR) is 68.7 cm³/mol. The highest BCUT2D eigenvalue weighted by molar-refractivity contribution is 5.26. The summed E-state index contributed by atoms with van der Waals surface area (Å²) in [7, 11) is 0. The number of aryl methyl sites for hydroxylation is 1. The molecule has 2 aromatic rings. The Bertz CT molecular complexity index is 561. The first-order valence-electron chi connectivity index (χ1n) is 6.09. The van der Waals surface area contributed by atoms with Gasteiger partial charge >= 0.3 is 6.18 Å². The summed E-state index contributed by atoms with van der Waals surface area (Å²) < 4.78 is 42.9. The van der Waals surface area contributed by atoms with Crippen LogP contribution in [0.2, 0.25) is 0 Å². The second kappa shape index (κ2) is 5.68. The fourth-order valence-electron chi connectivity index (χ4n) is 1.95. The van der Waals surface area contributed by atoms with Crippen molar-refractivity contribution in [3.8, 4) is 0 Å². The Kier molecular flexibility index (Phi) is 4.15. The third-order valence-corrected chi connectivity index (χ3v) is 3.03. The maximum Gasteiger partial charge on any atom is 0.416 e. The molecule has 0 fully saturated rings. The van der Waals surface area contributed by atoms with E-state index in [1.54, 1.807) is 6.07 Å². The summed E-state index contributed by atoms with van der Waals surface area (Å²) in [6, 6.07) is 8.36. The highest BCUT2D eigenvalue weighted by Crippen LogP contribution is 2.29. The Labute approximate surface area is 114 Å². The summed E-state index contributed by atoms with van der Waals surface area (Å²) >= 11 is 0. The second-order valence-corrected chi connectivity index (χ2v) is 4.57. The molecule has 0 saturated carbocycles. The highest BCUT2D eigenvalue weighted by Gasteiger charge is 2.30. The van der Waals surface area contributed by atoms with Gasteiger partial charge in [0, 0.05) is 0 Å². The molecule has 6 heteroatoms. The molecule has 0 aliphatic heterocycles. The number of alkyl halides is 3. The fourth-order valence-corrected chi connectivity index (χ4v) is 1.95. The molecule has 0 aliphatic carbocycles. The minimum absolute atomic E-state index is 0.277. The van der Waals surface area contributed by atoms with Crippen LogP contribution in [-0.2, 0) is 12.6 Å². The molecule has 1 heterocycles. The van der Waals surface area contributed by atoms with Crippen molar-refractivity contribution in [1.82, 2.24) is 5.43 Å². The first-order valence-corrected chi connectivity index (χ1v) is 6.09. The topological polar surface area (TPSA) is 51.2 Å². The van der Waals surface area contributed by atoms with Gasteiger partial charge in [0.25, 0.3) is 0 Å². The van der Waals surface area contributed by atoms with Crippen LogP contribution in [0.4, 0.5) is 13.2 Å². The van der Waals surface area contributed by atoms with E-state index < -0.39 is 11.7 Å². The van der Waals surface area contributed by atoms with Gasteiger partial charge < -0.3 is 4.42 Å². The van der Waals surface area contributed by atoms with Gasteiger partial charge in [0.1, 0.15) is 11.5 Å². The van der Waals surface area contributed by atoms with E-state index in [2.05, 4.69) is 5.43 Å². The van der Waals surface area contributed by atoms with Crippen molar-refractivity contribution >= 4 is 0 Å². The molecular weight excluding hydrogens is 269 g/mol. The minimum Gasteiger partial charge on any atom is -0.465 e. The summed E-state index contributed by atoms with van der Waals surface area (Å²) in [5.74, 6) is 6.89. The Morgan fingerprint density at radius 1 is 1.15 bits per heavy atom. The first kappa shape index (κ1) is 14.6. The Morgan fingerprint density at radius 2 is 1.80 bits per heavy atom.